The second-order valence-electron chi connectivity index (χ2n) is 6.99. The van der Waals surface area contributed by atoms with Crippen LogP contribution in [0.3, 0.4) is 0 Å². The van der Waals surface area contributed by atoms with Gasteiger partial charge in [-0.1, -0.05) is 24.3 Å². The van der Waals surface area contributed by atoms with Crippen LogP contribution in [0.4, 0.5) is 5.69 Å². The molecule has 5 nitrogen and oxygen atoms in total. The van der Waals surface area contributed by atoms with Crippen LogP contribution in [0.2, 0.25) is 0 Å². The van der Waals surface area contributed by atoms with E-state index in [0.717, 1.165) is 17.7 Å². The molecule has 0 bridgehead atoms. The molecule has 2 amide bonds. The van der Waals surface area contributed by atoms with Gasteiger partial charge in [0.05, 0.1) is 0 Å². The molecule has 1 saturated heterocycles. The highest BCUT2D eigenvalue weighted by atomic mass is 16.2. The number of hydrogen-bond acceptors (Lipinski definition) is 3. The van der Waals surface area contributed by atoms with Gasteiger partial charge < -0.3 is 9.80 Å². The van der Waals surface area contributed by atoms with Crippen LogP contribution in [0.5, 0.6) is 0 Å². The molecule has 2 fully saturated rings. The maximum absolute atomic E-state index is 13.0. The van der Waals surface area contributed by atoms with Gasteiger partial charge in [0.2, 0.25) is 11.8 Å². The first-order valence-electron chi connectivity index (χ1n) is 9.27. The number of rotatable bonds is 5. The van der Waals surface area contributed by atoms with Crippen molar-refractivity contribution < 1.29 is 9.59 Å². The molecule has 1 saturated carbocycles. The standard InChI is InChI=1S/C21H23N3O2/c1-2-23(20(25)18-13-17(18)15-7-6-11-22-14-15)19-10-12-24(21(19)26)16-8-4-3-5-9-16/h3-9,11,14,17-19H,2,10,12-13H2,1H3/t17-,18+,19+/m1/s1. The van der Waals surface area contributed by atoms with Gasteiger partial charge in [0, 0.05) is 37.1 Å². The number of likely N-dealkylation sites (N-methyl/N-ethyl adjacent to an activating group) is 1. The summed E-state index contributed by atoms with van der Waals surface area (Å²) in [5, 5.41) is 0. The average molecular weight is 349 g/mol. The minimum absolute atomic E-state index is 0.0160. The SMILES string of the molecule is CCN(C(=O)[C@H]1C[C@@H]1c1cccnc1)[C@H]1CCN(c2ccccc2)C1=O. The molecule has 1 aromatic heterocycles. The van der Waals surface area contributed by atoms with Gasteiger partial charge in [-0.2, -0.15) is 0 Å². The van der Waals surface area contributed by atoms with Crippen LogP contribution in [-0.4, -0.2) is 40.8 Å². The number of carbonyl (C=O) groups excluding carboxylic acids is 2. The van der Waals surface area contributed by atoms with E-state index in [2.05, 4.69) is 4.98 Å². The lowest BCUT2D eigenvalue weighted by atomic mass is 10.1. The van der Waals surface area contributed by atoms with Crippen LogP contribution >= 0.6 is 0 Å². The summed E-state index contributed by atoms with van der Waals surface area (Å²) in [4.78, 5) is 33.7. The molecule has 3 atom stereocenters. The summed E-state index contributed by atoms with van der Waals surface area (Å²) in [6.45, 7) is 3.18. The Balaban J connectivity index is 1.46. The topological polar surface area (TPSA) is 53.5 Å². The normalized spacial score (nSPS) is 24.6. The summed E-state index contributed by atoms with van der Waals surface area (Å²) in [5.41, 5.74) is 2.02. The Hall–Kier alpha value is -2.69. The molecule has 26 heavy (non-hydrogen) atoms. The van der Waals surface area contributed by atoms with E-state index in [1.54, 1.807) is 16.0 Å². The van der Waals surface area contributed by atoms with E-state index >= 15 is 0 Å². The molecule has 0 unspecified atom stereocenters. The molecule has 2 aromatic rings. The lowest BCUT2D eigenvalue weighted by Crippen LogP contribution is -2.46. The number of nitrogens with zero attached hydrogens (tertiary/aromatic N) is 3. The molecule has 0 spiro atoms. The van der Waals surface area contributed by atoms with Crippen LogP contribution in [-0.2, 0) is 9.59 Å². The second kappa shape index (κ2) is 6.90. The molecule has 5 heteroatoms. The largest absolute Gasteiger partial charge is 0.331 e. The third-order valence-corrected chi connectivity index (χ3v) is 5.47. The zero-order valence-corrected chi connectivity index (χ0v) is 14.9. The van der Waals surface area contributed by atoms with Gasteiger partial charge in [-0.05, 0) is 49.4 Å². The van der Waals surface area contributed by atoms with Gasteiger partial charge in [0.1, 0.15) is 6.04 Å². The number of benzene rings is 1. The summed E-state index contributed by atoms with van der Waals surface area (Å²) in [6.07, 6.45) is 5.13. The first kappa shape index (κ1) is 16.8. The Kier molecular flexibility index (Phi) is 4.45. The highest BCUT2D eigenvalue weighted by Crippen LogP contribution is 2.48. The van der Waals surface area contributed by atoms with Crippen LogP contribution < -0.4 is 4.90 Å². The summed E-state index contributed by atoms with van der Waals surface area (Å²) in [5.74, 6) is 0.365. The molecular formula is C21H23N3O2. The van der Waals surface area contributed by atoms with E-state index in [-0.39, 0.29) is 29.7 Å². The molecule has 2 heterocycles. The number of hydrogen-bond donors (Lipinski definition) is 0. The molecule has 1 aliphatic heterocycles. The third-order valence-electron chi connectivity index (χ3n) is 5.47. The smallest absolute Gasteiger partial charge is 0.249 e. The average Bonchev–Trinajstić information content (AvgIpc) is 3.41. The zero-order chi connectivity index (χ0) is 18.1. The van der Waals surface area contributed by atoms with E-state index in [1.807, 2.05) is 55.6 Å². The predicted molar refractivity (Wildman–Crippen MR) is 99.7 cm³/mol. The fourth-order valence-electron chi connectivity index (χ4n) is 3.99. The van der Waals surface area contributed by atoms with E-state index in [9.17, 15) is 9.59 Å². The fraction of sp³-hybridized carbons (Fsp3) is 0.381. The quantitative estimate of drug-likeness (QED) is 0.834. The van der Waals surface area contributed by atoms with Crippen molar-refractivity contribution in [3.63, 3.8) is 0 Å². The monoisotopic (exact) mass is 349 g/mol. The predicted octanol–water partition coefficient (Wildman–Crippen LogP) is 2.84. The minimum Gasteiger partial charge on any atom is -0.331 e. The Morgan fingerprint density at radius 1 is 1.23 bits per heavy atom. The molecular weight excluding hydrogens is 326 g/mol. The number of carbonyl (C=O) groups is 2. The van der Waals surface area contributed by atoms with E-state index < -0.39 is 0 Å². The van der Waals surface area contributed by atoms with Crippen molar-refractivity contribution in [2.24, 2.45) is 5.92 Å². The van der Waals surface area contributed by atoms with Crippen LogP contribution in [0, 0.1) is 5.92 Å². The Morgan fingerprint density at radius 2 is 2.04 bits per heavy atom. The fourth-order valence-corrected chi connectivity index (χ4v) is 3.99. The zero-order valence-electron chi connectivity index (χ0n) is 14.9. The first-order chi connectivity index (χ1) is 12.7. The highest BCUT2D eigenvalue weighted by molar-refractivity contribution is 6.01. The summed E-state index contributed by atoms with van der Waals surface area (Å²) >= 11 is 0. The Bertz CT molecular complexity index is 793. The summed E-state index contributed by atoms with van der Waals surface area (Å²) in [6, 6.07) is 13.3. The number of anilines is 1. The van der Waals surface area contributed by atoms with Gasteiger partial charge in [-0.25, -0.2) is 0 Å². The summed E-state index contributed by atoms with van der Waals surface area (Å²) in [7, 11) is 0. The van der Waals surface area contributed by atoms with Gasteiger partial charge in [-0.3, -0.25) is 14.6 Å². The van der Waals surface area contributed by atoms with Crippen molar-refractivity contribution in [2.45, 2.75) is 31.7 Å². The lowest BCUT2D eigenvalue weighted by molar-refractivity contribution is -0.139. The number of amides is 2. The van der Waals surface area contributed by atoms with Gasteiger partial charge in [0.15, 0.2) is 0 Å². The van der Waals surface area contributed by atoms with Crippen molar-refractivity contribution in [3.8, 4) is 0 Å². The molecule has 0 N–H and O–H groups in total. The van der Waals surface area contributed by atoms with Crippen molar-refractivity contribution in [2.75, 3.05) is 18.0 Å². The van der Waals surface area contributed by atoms with Crippen molar-refractivity contribution in [3.05, 3.63) is 60.4 Å². The number of aromatic nitrogens is 1. The molecule has 2 aliphatic rings. The summed E-state index contributed by atoms with van der Waals surface area (Å²) < 4.78 is 0. The van der Waals surface area contributed by atoms with Gasteiger partial charge in [-0.15, -0.1) is 0 Å². The van der Waals surface area contributed by atoms with E-state index in [0.29, 0.717) is 19.5 Å². The Morgan fingerprint density at radius 3 is 2.73 bits per heavy atom. The molecule has 4 rings (SSSR count). The Labute approximate surface area is 153 Å². The molecule has 1 aromatic carbocycles. The number of pyridine rings is 1. The van der Waals surface area contributed by atoms with Crippen molar-refractivity contribution in [1.82, 2.24) is 9.88 Å². The van der Waals surface area contributed by atoms with Gasteiger partial charge in [0.25, 0.3) is 0 Å². The molecule has 134 valence electrons. The molecule has 0 radical (unpaired) electrons. The van der Waals surface area contributed by atoms with Gasteiger partial charge >= 0.3 is 0 Å². The van der Waals surface area contributed by atoms with Crippen molar-refractivity contribution in [1.29, 1.82) is 0 Å². The number of para-hydroxylation sites is 1. The van der Waals surface area contributed by atoms with Crippen LogP contribution in [0.25, 0.3) is 0 Å². The van der Waals surface area contributed by atoms with Crippen molar-refractivity contribution >= 4 is 17.5 Å². The first-order valence-corrected chi connectivity index (χ1v) is 9.27. The van der Waals surface area contributed by atoms with Crippen LogP contribution in [0.1, 0.15) is 31.2 Å². The highest BCUT2D eigenvalue weighted by Gasteiger charge is 2.48. The second-order valence-corrected chi connectivity index (χ2v) is 6.99. The van der Waals surface area contributed by atoms with E-state index in [4.69, 9.17) is 0 Å². The van der Waals surface area contributed by atoms with Crippen LogP contribution in [0.15, 0.2) is 54.9 Å². The van der Waals surface area contributed by atoms with E-state index in [1.165, 1.54) is 0 Å². The maximum atomic E-state index is 13.0. The minimum atomic E-state index is -0.345. The molecule has 1 aliphatic carbocycles. The maximum Gasteiger partial charge on any atom is 0.249 e. The third kappa shape index (κ3) is 2.98. The lowest BCUT2D eigenvalue weighted by Gasteiger charge is -2.27.